The molecule has 0 saturated carbocycles. The average Bonchev–Trinajstić information content (AvgIpc) is 3.30. The van der Waals surface area contributed by atoms with E-state index in [2.05, 4.69) is 0 Å². The van der Waals surface area contributed by atoms with Crippen molar-refractivity contribution in [1.29, 1.82) is 0 Å². The fourth-order valence-electron chi connectivity index (χ4n) is 2.88. The number of hydrogen-bond acceptors (Lipinski definition) is 4. The molecule has 25 heavy (non-hydrogen) atoms. The number of rotatable bonds is 4. The Morgan fingerprint density at radius 1 is 0.800 bits per heavy atom. The Balaban J connectivity index is 1.96. The molecule has 4 rings (SSSR count). The van der Waals surface area contributed by atoms with Crippen LogP contribution in [0.3, 0.4) is 0 Å². The molecule has 0 aliphatic rings. The van der Waals surface area contributed by atoms with Crippen molar-refractivity contribution >= 4 is 33.5 Å². The number of thiophene rings is 2. The number of benzene rings is 2. The number of nitrogens with two attached hydrogens (primary N) is 1. The van der Waals surface area contributed by atoms with E-state index in [0.29, 0.717) is 15.4 Å². The van der Waals surface area contributed by atoms with Crippen LogP contribution in [0.25, 0.3) is 21.6 Å². The number of carbonyl (C=O) groups is 1. The van der Waals surface area contributed by atoms with E-state index in [1.807, 2.05) is 78.2 Å². The smallest absolute Gasteiger partial charge is 0.203 e. The Morgan fingerprint density at radius 2 is 1.48 bits per heavy atom. The second-order valence-electron chi connectivity index (χ2n) is 5.58. The third-order valence-corrected chi connectivity index (χ3v) is 5.91. The molecule has 2 aromatic heterocycles. The summed E-state index contributed by atoms with van der Waals surface area (Å²) in [5.74, 6) is 0.0166. The molecule has 0 atom stereocenters. The molecule has 0 bridgehead atoms. The summed E-state index contributed by atoms with van der Waals surface area (Å²) < 4.78 is 0. The van der Waals surface area contributed by atoms with E-state index in [1.165, 1.54) is 11.3 Å². The second-order valence-corrected chi connectivity index (χ2v) is 7.58. The Kier molecular flexibility index (Phi) is 4.22. The maximum Gasteiger partial charge on any atom is 0.203 e. The largest absolute Gasteiger partial charge is 0.390 e. The highest BCUT2D eigenvalue weighted by Crippen LogP contribution is 2.47. The van der Waals surface area contributed by atoms with E-state index in [9.17, 15) is 4.79 Å². The van der Waals surface area contributed by atoms with Crippen LogP contribution in [-0.2, 0) is 0 Å². The second kappa shape index (κ2) is 6.67. The molecule has 2 nitrogen and oxygen atoms in total. The molecule has 0 saturated heterocycles. The molecule has 2 aromatic carbocycles. The zero-order chi connectivity index (χ0) is 17.2. The van der Waals surface area contributed by atoms with Gasteiger partial charge in [-0.15, -0.1) is 22.7 Å². The van der Waals surface area contributed by atoms with Crippen LogP contribution < -0.4 is 5.73 Å². The molecule has 0 spiro atoms. The van der Waals surface area contributed by atoms with Gasteiger partial charge >= 0.3 is 0 Å². The summed E-state index contributed by atoms with van der Waals surface area (Å²) in [5, 5.41) is 2.70. The van der Waals surface area contributed by atoms with Crippen molar-refractivity contribution in [1.82, 2.24) is 0 Å². The number of hydrogen-bond donors (Lipinski definition) is 1. The van der Waals surface area contributed by atoms with E-state index in [0.717, 1.165) is 21.6 Å². The molecular weight excluding hydrogens is 346 g/mol. The van der Waals surface area contributed by atoms with Gasteiger partial charge in [0.15, 0.2) is 0 Å². The van der Waals surface area contributed by atoms with Gasteiger partial charge in [-0.1, -0.05) is 66.7 Å². The lowest BCUT2D eigenvalue weighted by molar-refractivity contribution is 0.104. The molecule has 0 aliphatic carbocycles. The Hall–Kier alpha value is -2.69. The van der Waals surface area contributed by atoms with Gasteiger partial charge in [0, 0.05) is 21.6 Å². The van der Waals surface area contributed by atoms with Crippen molar-refractivity contribution in [3.05, 3.63) is 88.6 Å². The van der Waals surface area contributed by atoms with Gasteiger partial charge in [-0.3, -0.25) is 4.79 Å². The summed E-state index contributed by atoms with van der Waals surface area (Å²) in [6, 6.07) is 23.4. The SMILES string of the molecule is Nc1sc(C(=O)c2ccccc2)c(-c2cccs2)c1-c1ccccc1. The van der Waals surface area contributed by atoms with Crippen LogP contribution in [0, 0.1) is 0 Å². The van der Waals surface area contributed by atoms with Crippen LogP contribution in [0.4, 0.5) is 5.00 Å². The van der Waals surface area contributed by atoms with Gasteiger partial charge in [-0.25, -0.2) is 0 Å². The van der Waals surface area contributed by atoms with Gasteiger partial charge < -0.3 is 5.73 Å². The molecule has 0 fully saturated rings. The van der Waals surface area contributed by atoms with Crippen LogP contribution in [-0.4, -0.2) is 5.78 Å². The predicted octanol–water partition coefficient (Wildman–Crippen LogP) is 5.96. The van der Waals surface area contributed by atoms with Gasteiger partial charge in [0.25, 0.3) is 0 Å². The highest BCUT2D eigenvalue weighted by molar-refractivity contribution is 7.20. The minimum atomic E-state index is 0.0166. The summed E-state index contributed by atoms with van der Waals surface area (Å²) in [6.45, 7) is 0. The zero-order valence-electron chi connectivity index (χ0n) is 13.3. The molecule has 2 heterocycles. The molecule has 0 aliphatic heterocycles. The highest BCUT2D eigenvalue weighted by atomic mass is 32.1. The number of anilines is 1. The van der Waals surface area contributed by atoms with Crippen molar-refractivity contribution in [3.8, 4) is 21.6 Å². The first kappa shape index (κ1) is 15.8. The van der Waals surface area contributed by atoms with Crippen LogP contribution in [0.2, 0.25) is 0 Å². The Labute approximate surface area is 154 Å². The van der Waals surface area contributed by atoms with Crippen molar-refractivity contribution in [2.24, 2.45) is 0 Å². The lowest BCUT2D eigenvalue weighted by Crippen LogP contribution is -2.00. The fourth-order valence-corrected chi connectivity index (χ4v) is 4.79. The first-order valence-corrected chi connectivity index (χ1v) is 9.56. The monoisotopic (exact) mass is 361 g/mol. The molecule has 4 heteroatoms. The minimum Gasteiger partial charge on any atom is -0.390 e. The third kappa shape index (κ3) is 2.90. The highest BCUT2D eigenvalue weighted by Gasteiger charge is 2.25. The van der Waals surface area contributed by atoms with Gasteiger partial charge in [0.05, 0.1) is 9.88 Å². The van der Waals surface area contributed by atoms with E-state index >= 15 is 0 Å². The normalized spacial score (nSPS) is 10.7. The summed E-state index contributed by atoms with van der Waals surface area (Å²) in [7, 11) is 0. The molecule has 2 N–H and O–H groups in total. The van der Waals surface area contributed by atoms with E-state index < -0.39 is 0 Å². The Bertz CT molecular complexity index is 1000. The van der Waals surface area contributed by atoms with E-state index in [4.69, 9.17) is 5.73 Å². The van der Waals surface area contributed by atoms with E-state index in [1.54, 1.807) is 11.3 Å². The molecule has 0 radical (unpaired) electrons. The minimum absolute atomic E-state index is 0.0166. The predicted molar refractivity (Wildman–Crippen MR) is 107 cm³/mol. The van der Waals surface area contributed by atoms with Crippen LogP contribution in [0.5, 0.6) is 0 Å². The number of nitrogen functional groups attached to an aromatic ring is 1. The van der Waals surface area contributed by atoms with Gasteiger partial charge in [0.2, 0.25) is 5.78 Å². The molecule has 0 unspecified atom stereocenters. The standard InChI is InChI=1S/C21H15NOS2/c22-21-17(14-8-3-1-4-9-14)18(16-12-7-13-24-16)20(25-21)19(23)15-10-5-2-6-11-15/h1-13H,22H2. The van der Waals surface area contributed by atoms with Gasteiger partial charge in [-0.05, 0) is 17.0 Å². The van der Waals surface area contributed by atoms with E-state index in [-0.39, 0.29) is 5.78 Å². The third-order valence-electron chi connectivity index (χ3n) is 4.01. The molecule has 0 amide bonds. The van der Waals surface area contributed by atoms with Gasteiger partial charge in [-0.2, -0.15) is 0 Å². The van der Waals surface area contributed by atoms with Crippen molar-refractivity contribution in [3.63, 3.8) is 0 Å². The molecule has 4 aromatic rings. The first-order chi connectivity index (χ1) is 12.3. The number of ketones is 1. The maximum atomic E-state index is 13.1. The Morgan fingerprint density at radius 3 is 2.12 bits per heavy atom. The average molecular weight is 361 g/mol. The van der Waals surface area contributed by atoms with Crippen LogP contribution in [0.15, 0.2) is 78.2 Å². The topological polar surface area (TPSA) is 43.1 Å². The van der Waals surface area contributed by atoms with Crippen LogP contribution in [0.1, 0.15) is 15.2 Å². The lowest BCUT2D eigenvalue weighted by Gasteiger charge is -2.07. The summed E-state index contributed by atoms with van der Waals surface area (Å²) in [5.41, 5.74) is 9.98. The van der Waals surface area contributed by atoms with Crippen molar-refractivity contribution in [2.45, 2.75) is 0 Å². The van der Waals surface area contributed by atoms with Crippen molar-refractivity contribution in [2.75, 3.05) is 5.73 Å². The van der Waals surface area contributed by atoms with Crippen LogP contribution >= 0.6 is 22.7 Å². The maximum absolute atomic E-state index is 13.1. The quantitative estimate of drug-likeness (QED) is 0.456. The molecular formula is C21H15NOS2. The zero-order valence-corrected chi connectivity index (χ0v) is 14.9. The summed E-state index contributed by atoms with van der Waals surface area (Å²) in [6.07, 6.45) is 0. The first-order valence-electron chi connectivity index (χ1n) is 7.87. The van der Waals surface area contributed by atoms with Crippen molar-refractivity contribution < 1.29 is 4.79 Å². The fraction of sp³-hybridized carbons (Fsp3) is 0. The summed E-state index contributed by atoms with van der Waals surface area (Å²) in [4.78, 5) is 14.9. The summed E-state index contributed by atoms with van der Waals surface area (Å²) >= 11 is 3.00. The molecule has 122 valence electrons. The lowest BCUT2D eigenvalue weighted by atomic mass is 9.98. The number of carbonyl (C=O) groups excluding carboxylic acids is 1. The van der Waals surface area contributed by atoms with Gasteiger partial charge in [0.1, 0.15) is 0 Å².